The van der Waals surface area contributed by atoms with Crippen molar-refractivity contribution in [2.24, 2.45) is 0 Å². The molecule has 19 heavy (non-hydrogen) atoms. The van der Waals surface area contributed by atoms with Crippen LogP contribution >= 0.6 is 0 Å². The van der Waals surface area contributed by atoms with Crippen LogP contribution in [0.25, 0.3) is 0 Å². The van der Waals surface area contributed by atoms with E-state index in [-0.39, 0.29) is 0 Å². The van der Waals surface area contributed by atoms with Gasteiger partial charge in [0.1, 0.15) is 12.2 Å². The summed E-state index contributed by atoms with van der Waals surface area (Å²) in [6.45, 7) is 2.82. The highest BCUT2D eigenvalue weighted by Gasteiger charge is 2.35. The van der Waals surface area contributed by atoms with E-state index >= 15 is 0 Å². The van der Waals surface area contributed by atoms with E-state index in [4.69, 9.17) is 0 Å². The maximum atomic E-state index is 11.0. The fraction of sp³-hybridized carbons (Fsp3) is 0.467. The number of rotatable bonds is 3. The van der Waals surface area contributed by atoms with Gasteiger partial charge >= 0.3 is 0 Å². The van der Waals surface area contributed by atoms with Crippen molar-refractivity contribution < 1.29 is 5.11 Å². The monoisotopic (exact) mass is 257 g/mol. The second kappa shape index (κ2) is 4.78. The van der Waals surface area contributed by atoms with Crippen LogP contribution in [0.15, 0.2) is 30.6 Å². The number of benzene rings is 1. The average molecular weight is 257 g/mol. The summed E-state index contributed by atoms with van der Waals surface area (Å²) in [6.07, 6.45) is 4.97. The van der Waals surface area contributed by atoms with E-state index in [0.29, 0.717) is 6.42 Å². The smallest absolute Gasteiger partial charge is 0.138 e. The van der Waals surface area contributed by atoms with Gasteiger partial charge in [0.25, 0.3) is 0 Å². The molecule has 0 aliphatic heterocycles. The Morgan fingerprint density at radius 1 is 1.37 bits per heavy atom. The van der Waals surface area contributed by atoms with Crippen molar-refractivity contribution in [3.8, 4) is 0 Å². The Labute approximate surface area is 113 Å². The highest BCUT2D eigenvalue weighted by molar-refractivity contribution is 5.35. The molecule has 0 amide bonds. The molecule has 1 N–H and O–H groups in total. The first-order valence-electron chi connectivity index (χ1n) is 6.90. The Balaban J connectivity index is 1.96. The Hall–Kier alpha value is -1.68. The molecule has 100 valence electrons. The lowest BCUT2D eigenvalue weighted by Gasteiger charge is -2.34. The third-order valence-corrected chi connectivity index (χ3v) is 4.00. The van der Waals surface area contributed by atoms with E-state index in [9.17, 15) is 5.11 Å². The van der Waals surface area contributed by atoms with Gasteiger partial charge in [-0.15, -0.1) is 0 Å². The van der Waals surface area contributed by atoms with Crippen LogP contribution in [0.4, 0.5) is 0 Å². The first-order valence-corrected chi connectivity index (χ1v) is 6.90. The molecule has 0 saturated heterocycles. The van der Waals surface area contributed by atoms with Crippen LogP contribution in [0.5, 0.6) is 0 Å². The molecular formula is C15H19N3O. The molecule has 0 radical (unpaired) electrons. The maximum Gasteiger partial charge on any atom is 0.138 e. The van der Waals surface area contributed by atoms with Crippen molar-refractivity contribution in [1.29, 1.82) is 0 Å². The molecule has 1 atom stereocenters. The summed E-state index contributed by atoms with van der Waals surface area (Å²) in [5.41, 5.74) is 1.53. The highest BCUT2D eigenvalue weighted by atomic mass is 16.3. The predicted molar refractivity (Wildman–Crippen MR) is 72.7 cm³/mol. The van der Waals surface area contributed by atoms with Crippen LogP contribution < -0.4 is 0 Å². The minimum Gasteiger partial charge on any atom is -0.385 e. The molecule has 0 saturated carbocycles. The van der Waals surface area contributed by atoms with Gasteiger partial charge in [0.15, 0.2) is 0 Å². The quantitative estimate of drug-likeness (QED) is 0.915. The molecule has 0 bridgehead atoms. The van der Waals surface area contributed by atoms with Gasteiger partial charge in [-0.1, -0.05) is 24.3 Å². The number of aliphatic hydroxyl groups is 1. The van der Waals surface area contributed by atoms with Crippen molar-refractivity contribution in [1.82, 2.24) is 14.8 Å². The predicted octanol–water partition coefficient (Wildman–Crippen LogP) is 2.06. The van der Waals surface area contributed by atoms with Crippen LogP contribution in [0.1, 0.15) is 36.7 Å². The second-order valence-corrected chi connectivity index (χ2v) is 5.21. The minimum absolute atomic E-state index is 0.540. The molecule has 1 heterocycles. The highest BCUT2D eigenvalue weighted by Crippen LogP contribution is 2.37. The van der Waals surface area contributed by atoms with Gasteiger partial charge in [-0.25, -0.2) is 4.98 Å². The topological polar surface area (TPSA) is 50.9 Å². The average Bonchev–Trinajstić information content (AvgIpc) is 2.86. The first kappa shape index (κ1) is 12.4. The first-order chi connectivity index (χ1) is 9.23. The van der Waals surface area contributed by atoms with E-state index < -0.39 is 5.60 Å². The standard InChI is InChI=1S/C15H19N3O/c1-2-18-14(16-11-17-18)10-15(19)9-5-7-12-6-3-4-8-13(12)15/h3-4,6,8,11,19H,2,5,7,9-10H2,1H3. The molecular weight excluding hydrogens is 238 g/mol. The summed E-state index contributed by atoms with van der Waals surface area (Å²) < 4.78 is 1.86. The molecule has 1 unspecified atom stereocenters. The summed E-state index contributed by atoms with van der Waals surface area (Å²) in [5, 5.41) is 15.2. The third-order valence-electron chi connectivity index (χ3n) is 4.00. The van der Waals surface area contributed by atoms with Gasteiger partial charge < -0.3 is 5.11 Å². The van der Waals surface area contributed by atoms with E-state index in [1.54, 1.807) is 6.33 Å². The molecule has 4 heteroatoms. The van der Waals surface area contributed by atoms with E-state index in [2.05, 4.69) is 16.1 Å². The second-order valence-electron chi connectivity index (χ2n) is 5.21. The van der Waals surface area contributed by atoms with Gasteiger partial charge in [0, 0.05) is 13.0 Å². The number of fused-ring (bicyclic) bond motifs is 1. The summed E-state index contributed by atoms with van der Waals surface area (Å²) in [4.78, 5) is 4.29. The number of aryl methyl sites for hydroxylation is 2. The van der Waals surface area contributed by atoms with Crippen molar-refractivity contribution in [3.05, 3.63) is 47.5 Å². The van der Waals surface area contributed by atoms with Gasteiger partial charge in [0.2, 0.25) is 0 Å². The van der Waals surface area contributed by atoms with Gasteiger partial charge in [-0.05, 0) is 37.3 Å². The fourth-order valence-electron chi connectivity index (χ4n) is 3.03. The van der Waals surface area contributed by atoms with Crippen LogP contribution in [0.2, 0.25) is 0 Å². The van der Waals surface area contributed by atoms with Gasteiger partial charge in [0.05, 0.1) is 5.60 Å². The lowest BCUT2D eigenvalue weighted by molar-refractivity contribution is 0.0161. The summed E-state index contributed by atoms with van der Waals surface area (Å²) in [5.74, 6) is 0.863. The number of hydrogen-bond donors (Lipinski definition) is 1. The lowest BCUT2D eigenvalue weighted by Crippen LogP contribution is -2.34. The zero-order chi connectivity index (χ0) is 13.3. The van der Waals surface area contributed by atoms with Crippen molar-refractivity contribution >= 4 is 0 Å². The largest absolute Gasteiger partial charge is 0.385 e. The molecule has 4 nitrogen and oxygen atoms in total. The van der Waals surface area contributed by atoms with E-state index in [0.717, 1.165) is 37.2 Å². The Kier molecular flexibility index (Phi) is 3.11. The van der Waals surface area contributed by atoms with Crippen molar-refractivity contribution in [2.75, 3.05) is 0 Å². The molecule has 1 aromatic carbocycles. The SMILES string of the molecule is CCn1ncnc1CC1(O)CCCc2ccccc21. The van der Waals surface area contributed by atoms with Gasteiger partial charge in [-0.3, -0.25) is 4.68 Å². The number of nitrogens with zero attached hydrogens (tertiary/aromatic N) is 3. The molecule has 1 aliphatic carbocycles. The van der Waals surface area contributed by atoms with Gasteiger partial charge in [-0.2, -0.15) is 5.10 Å². The Morgan fingerprint density at radius 3 is 3.05 bits per heavy atom. The maximum absolute atomic E-state index is 11.0. The molecule has 0 fully saturated rings. The van der Waals surface area contributed by atoms with Crippen molar-refractivity contribution in [2.45, 2.75) is 44.8 Å². The molecule has 3 rings (SSSR count). The minimum atomic E-state index is -0.797. The summed E-state index contributed by atoms with van der Waals surface area (Å²) >= 11 is 0. The molecule has 1 aliphatic rings. The Bertz CT molecular complexity index is 578. The van der Waals surface area contributed by atoms with Crippen LogP contribution in [0, 0.1) is 0 Å². The molecule has 2 aromatic rings. The number of hydrogen-bond acceptors (Lipinski definition) is 3. The Morgan fingerprint density at radius 2 is 2.21 bits per heavy atom. The fourth-order valence-corrected chi connectivity index (χ4v) is 3.03. The normalized spacial score (nSPS) is 22.2. The van der Waals surface area contributed by atoms with Crippen LogP contribution in [0.3, 0.4) is 0 Å². The molecule has 1 aromatic heterocycles. The van der Waals surface area contributed by atoms with Crippen molar-refractivity contribution in [3.63, 3.8) is 0 Å². The lowest BCUT2D eigenvalue weighted by atomic mass is 9.77. The third kappa shape index (κ3) is 2.16. The van der Waals surface area contributed by atoms with Crippen LogP contribution in [-0.2, 0) is 25.0 Å². The number of aromatic nitrogens is 3. The van der Waals surface area contributed by atoms with E-state index in [1.165, 1.54) is 5.56 Å². The summed E-state index contributed by atoms with van der Waals surface area (Å²) in [6, 6.07) is 8.20. The van der Waals surface area contributed by atoms with E-state index in [1.807, 2.05) is 29.8 Å². The zero-order valence-corrected chi connectivity index (χ0v) is 11.2. The zero-order valence-electron chi connectivity index (χ0n) is 11.2. The summed E-state index contributed by atoms with van der Waals surface area (Å²) in [7, 11) is 0. The van der Waals surface area contributed by atoms with Crippen LogP contribution in [-0.4, -0.2) is 19.9 Å². The molecule has 0 spiro atoms.